The Labute approximate surface area is 110 Å². The minimum Gasteiger partial charge on any atom is -0.466 e. The van der Waals surface area contributed by atoms with Crippen molar-refractivity contribution in [1.82, 2.24) is 4.98 Å². The fourth-order valence-electron chi connectivity index (χ4n) is 1.61. The molecule has 0 unspecified atom stereocenters. The van der Waals surface area contributed by atoms with Crippen LogP contribution in [0.5, 0.6) is 0 Å². The summed E-state index contributed by atoms with van der Waals surface area (Å²) in [6, 6.07) is 8.03. The Morgan fingerprint density at radius 1 is 1.44 bits per heavy atom. The molecular formula is C13H16N2O2S. The van der Waals surface area contributed by atoms with E-state index >= 15 is 0 Å². The number of benzene rings is 1. The average Bonchev–Trinajstić information content (AvgIpc) is 2.77. The van der Waals surface area contributed by atoms with Gasteiger partial charge >= 0.3 is 5.97 Å². The zero-order valence-corrected chi connectivity index (χ0v) is 11.1. The summed E-state index contributed by atoms with van der Waals surface area (Å²) in [6.07, 6.45) is 1.21. The Kier molecular flexibility index (Phi) is 4.52. The number of ether oxygens (including phenoxy) is 1. The van der Waals surface area contributed by atoms with Crippen LogP contribution in [0.25, 0.3) is 10.2 Å². The topological polar surface area (TPSA) is 51.2 Å². The number of nitrogens with one attached hydrogen (secondary N) is 1. The molecule has 0 saturated heterocycles. The van der Waals surface area contributed by atoms with E-state index in [0.29, 0.717) is 13.0 Å². The highest BCUT2D eigenvalue weighted by Gasteiger charge is 2.03. The number of anilines is 1. The van der Waals surface area contributed by atoms with Crippen LogP contribution in [-0.2, 0) is 9.53 Å². The standard InChI is InChI=1S/C13H16N2O2S/c1-2-17-12(16)8-5-9-14-13-15-10-6-3-4-7-11(10)18-13/h3-4,6-7H,2,5,8-9H2,1H3,(H,14,15). The normalized spacial score (nSPS) is 10.5. The minimum absolute atomic E-state index is 0.136. The third kappa shape index (κ3) is 3.43. The van der Waals surface area contributed by atoms with Crippen molar-refractivity contribution in [3.05, 3.63) is 24.3 Å². The molecule has 0 atom stereocenters. The van der Waals surface area contributed by atoms with Crippen LogP contribution in [0.1, 0.15) is 19.8 Å². The molecule has 1 aromatic heterocycles. The zero-order chi connectivity index (χ0) is 12.8. The summed E-state index contributed by atoms with van der Waals surface area (Å²) in [5.41, 5.74) is 1.01. The van der Waals surface area contributed by atoms with Gasteiger partial charge in [-0.3, -0.25) is 4.79 Å². The number of para-hydroxylation sites is 1. The first-order valence-corrected chi connectivity index (χ1v) is 6.86. The van der Waals surface area contributed by atoms with Crippen LogP contribution < -0.4 is 5.32 Å². The first kappa shape index (κ1) is 12.8. The van der Waals surface area contributed by atoms with Crippen molar-refractivity contribution >= 4 is 32.7 Å². The second-order valence-electron chi connectivity index (χ2n) is 3.82. The van der Waals surface area contributed by atoms with Gasteiger partial charge in [0.2, 0.25) is 0 Å². The van der Waals surface area contributed by atoms with Crippen molar-refractivity contribution in [1.29, 1.82) is 0 Å². The third-order valence-electron chi connectivity index (χ3n) is 2.43. The Hall–Kier alpha value is -1.62. The van der Waals surface area contributed by atoms with Gasteiger partial charge in [0.05, 0.1) is 16.8 Å². The number of fused-ring (bicyclic) bond motifs is 1. The average molecular weight is 264 g/mol. The monoisotopic (exact) mass is 264 g/mol. The predicted molar refractivity (Wildman–Crippen MR) is 74.0 cm³/mol. The molecule has 5 heteroatoms. The molecule has 1 N–H and O–H groups in total. The second-order valence-corrected chi connectivity index (χ2v) is 4.85. The molecule has 0 aliphatic heterocycles. The molecule has 0 aliphatic carbocycles. The van der Waals surface area contributed by atoms with Crippen molar-refractivity contribution in [3.63, 3.8) is 0 Å². The van der Waals surface area contributed by atoms with Gasteiger partial charge in [0.1, 0.15) is 0 Å². The predicted octanol–water partition coefficient (Wildman–Crippen LogP) is 3.05. The SMILES string of the molecule is CCOC(=O)CCCNc1nc2ccccc2s1. The molecule has 4 nitrogen and oxygen atoms in total. The lowest BCUT2D eigenvalue weighted by Crippen LogP contribution is -2.07. The first-order chi connectivity index (χ1) is 8.79. The molecule has 2 rings (SSSR count). The molecule has 0 saturated carbocycles. The zero-order valence-electron chi connectivity index (χ0n) is 10.3. The fraction of sp³-hybridized carbons (Fsp3) is 0.385. The summed E-state index contributed by atoms with van der Waals surface area (Å²) in [6.45, 7) is 3.00. The van der Waals surface area contributed by atoms with Crippen LogP contribution in [0.4, 0.5) is 5.13 Å². The number of rotatable bonds is 6. The number of hydrogen-bond donors (Lipinski definition) is 1. The van der Waals surface area contributed by atoms with E-state index in [9.17, 15) is 4.79 Å². The summed E-state index contributed by atoms with van der Waals surface area (Å²) >= 11 is 1.63. The summed E-state index contributed by atoms with van der Waals surface area (Å²) in [5.74, 6) is -0.136. The lowest BCUT2D eigenvalue weighted by molar-refractivity contribution is -0.143. The molecular weight excluding hydrogens is 248 g/mol. The molecule has 18 heavy (non-hydrogen) atoms. The smallest absolute Gasteiger partial charge is 0.305 e. The molecule has 1 heterocycles. The van der Waals surface area contributed by atoms with E-state index in [-0.39, 0.29) is 5.97 Å². The summed E-state index contributed by atoms with van der Waals surface area (Å²) in [7, 11) is 0. The largest absolute Gasteiger partial charge is 0.466 e. The molecule has 2 aromatic rings. The summed E-state index contributed by atoms with van der Waals surface area (Å²) in [4.78, 5) is 15.6. The summed E-state index contributed by atoms with van der Waals surface area (Å²) < 4.78 is 6.03. The van der Waals surface area contributed by atoms with Gasteiger partial charge in [-0.25, -0.2) is 4.98 Å². The van der Waals surface area contributed by atoms with Crippen molar-refractivity contribution < 1.29 is 9.53 Å². The highest BCUT2D eigenvalue weighted by Crippen LogP contribution is 2.25. The van der Waals surface area contributed by atoms with E-state index in [1.807, 2.05) is 25.1 Å². The van der Waals surface area contributed by atoms with E-state index in [1.54, 1.807) is 11.3 Å². The van der Waals surface area contributed by atoms with Gasteiger partial charge in [0, 0.05) is 13.0 Å². The highest BCUT2D eigenvalue weighted by molar-refractivity contribution is 7.22. The Balaban J connectivity index is 1.78. The second kappa shape index (κ2) is 6.35. The van der Waals surface area contributed by atoms with E-state index in [0.717, 1.165) is 23.6 Å². The number of thiazole rings is 1. The van der Waals surface area contributed by atoms with E-state index < -0.39 is 0 Å². The van der Waals surface area contributed by atoms with Gasteiger partial charge in [0.25, 0.3) is 0 Å². The number of carbonyl (C=O) groups excluding carboxylic acids is 1. The van der Waals surface area contributed by atoms with Crippen LogP contribution in [0, 0.1) is 0 Å². The van der Waals surface area contributed by atoms with E-state index in [4.69, 9.17) is 4.74 Å². The highest BCUT2D eigenvalue weighted by atomic mass is 32.1. The molecule has 0 bridgehead atoms. The number of hydrogen-bond acceptors (Lipinski definition) is 5. The van der Waals surface area contributed by atoms with Gasteiger partial charge < -0.3 is 10.1 Å². The number of carbonyl (C=O) groups is 1. The third-order valence-corrected chi connectivity index (χ3v) is 3.43. The minimum atomic E-state index is -0.136. The van der Waals surface area contributed by atoms with Crippen LogP contribution >= 0.6 is 11.3 Å². The Morgan fingerprint density at radius 3 is 3.06 bits per heavy atom. The van der Waals surface area contributed by atoms with Crippen LogP contribution in [0.15, 0.2) is 24.3 Å². The van der Waals surface area contributed by atoms with Crippen LogP contribution in [0.2, 0.25) is 0 Å². The maximum atomic E-state index is 11.1. The Morgan fingerprint density at radius 2 is 2.28 bits per heavy atom. The van der Waals surface area contributed by atoms with Gasteiger partial charge in [-0.2, -0.15) is 0 Å². The number of nitrogens with zero attached hydrogens (tertiary/aromatic N) is 1. The molecule has 0 aliphatic rings. The maximum absolute atomic E-state index is 11.1. The molecule has 0 fully saturated rings. The Bertz CT molecular complexity index is 491. The summed E-state index contributed by atoms with van der Waals surface area (Å²) in [5, 5.41) is 4.13. The quantitative estimate of drug-likeness (QED) is 0.643. The fourth-order valence-corrected chi connectivity index (χ4v) is 2.50. The van der Waals surface area contributed by atoms with Crippen molar-refractivity contribution in [2.24, 2.45) is 0 Å². The molecule has 0 spiro atoms. The van der Waals surface area contributed by atoms with Gasteiger partial charge in [-0.1, -0.05) is 23.5 Å². The molecule has 1 aromatic carbocycles. The van der Waals surface area contributed by atoms with Gasteiger partial charge in [-0.15, -0.1) is 0 Å². The lowest BCUT2D eigenvalue weighted by atomic mass is 10.3. The van der Waals surface area contributed by atoms with E-state index in [1.165, 1.54) is 4.70 Å². The van der Waals surface area contributed by atoms with E-state index in [2.05, 4.69) is 16.4 Å². The molecule has 96 valence electrons. The first-order valence-electron chi connectivity index (χ1n) is 6.04. The van der Waals surface area contributed by atoms with Crippen molar-refractivity contribution in [2.45, 2.75) is 19.8 Å². The van der Waals surface area contributed by atoms with Gasteiger partial charge in [0.15, 0.2) is 5.13 Å². The maximum Gasteiger partial charge on any atom is 0.305 e. The number of aromatic nitrogens is 1. The lowest BCUT2D eigenvalue weighted by Gasteiger charge is -2.02. The molecule has 0 amide bonds. The molecule has 0 radical (unpaired) electrons. The van der Waals surface area contributed by atoms with Crippen LogP contribution in [-0.4, -0.2) is 24.1 Å². The number of esters is 1. The van der Waals surface area contributed by atoms with Crippen molar-refractivity contribution in [3.8, 4) is 0 Å². The van der Waals surface area contributed by atoms with Crippen LogP contribution in [0.3, 0.4) is 0 Å². The van der Waals surface area contributed by atoms with Crippen molar-refractivity contribution in [2.75, 3.05) is 18.5 Å². The van der Waals surface area contributed by atoms with Gasteiger partial charge in [-0.05, 0) is 25.5 Å².